The molecule has 0 saturated carbocycles. The van der Waals surface area contributed by atoms with Gasteiger partial charge < -0.3 is 10.4 Å². The zero-order valence-electron chi connectivity index (χ0n) is 10.7. The number of hydrogen-bond acceptors (Lipinski definition) is 4. The summed E-state index contributed by atoms with van der Waals surface area (Å²) in [4.78, 5) is 0.207. The molecule has 0 aliphatic heterocycles. The minimum atomic E-state index is -3.50. The third-order valence-electron chi connectivity index (χ3n) is 2.58. The van der Waals surface area contributed by atoms with E-state index in [9.17, 15) is 8.42 Å². The molecule has 0 bridgehead atoms. The van der Waals surface area contributed by atoms with Gasteiger partial charge in [-0.05, 0) is 18.6 Å². The summed E-state index contributed by atoms with van der Waals surface area (Å²) >= 11 is 0. The van der Waals surface area contributed by atoms with E-state index in [2.05, 4.69) is 10.0 Å². The Bertz CT molecular complexity index is 470. The number of hydrogen-bond donors (Lipinski definition) is 3. The van der Waals surface area contributed by atoms with E-state index in [4.69, 9.17) is 5.11 Å². The summed E-state index contributed by atoms with van der Waals surface area (Å²) < 4.78 is 26.5. The fourth-order valence-electron chi connectivity index (χ4n) is 1.58. The van der Waals surface area contributed by atoms with Crippen LogP contribution in [-0.2, 0) is 10.0 Å². The molecule has 3 N–H and O–H groups in total. The molecule has 1 aromatic rings. The first-order valence-corrected chi connectivity index (χ1v) is 7.49. The summed E-state index contributed by atoms with van der Waals surface area (Å²) in [5, 5.41) is 12.2. The Balaban J connectivity index is 3.07. The molecule has 0 amide bonds. The molecule has 18 heavy (non-hydrogen) atoms. The van der Waals surface area contributed by atoms with Gasteiger partial charge in [0.15, 0.2) is 0 Å². The van der Waals surface area contributed by atoms with Crippen LogP contribution in [0.3, 0.4) is 0 Å². The second-order valence-electron chi connectivity index (χ2n) is 3.93. The summed E-state index contributed by atoms with van der Waals surface area (Å²) in [6.45, 7) is 3.96. The van der Waals surface area contributed by atoms with Crippen LogP contribution in [-0.4, -0.2) is 32.7 Å². The summed E-state index contributed by atoms with van der Waals surface area (Å²) in [5.74, 6) is 0. The van der Waals surface area contributed by atoms with Crippen molar-refractivity contribution in [2.24, 2.45) is 0 Å². The lowest BCUT2D eigenvalue weighted by molar-refractivity contribution is 0.271. The molecule has 1 aromatic carbocycles. The molecule has 6 heteroatoms. The molecule has 5 nitrogen and oxygen atoms in total. The number of sulfonamides is 1. The van der Waals surface area contributed by atoms with E-state index >= 15 is 0 Å². The van der Waals surface area contributed by atoms with Crippen LogP contribution < -0.4 is 10.0 Å². The maximum absolute atomic E-state index is 12.0. The second kappa shape index (κ2) is 6.72. The van der Waals surface area contributed by atoms with E-state index < -0.39 is 10.0 Å². The summed E-state index contributed by atoms with van der Waals surface area (Å²) in [5.41, 5.74) is 0.513. The highest BCUT2D eigenvalue weighted by atomic mass is 32.2. The Morgan fingerprint density at radius 2 is 1.94 bits per heavy atom. The van der Waals surface area contributed by atoms with Crippen LogP contribution >= 0.6 is 0 Å². The van der Waals surface area contributed by atoms with Gasteiger partial charge in [-0.25, -0.2) is 13.1 Å². The summed E-state index contributed by atoms with van der Waals surface area (Å²) in [6.07, 6.45) is 0.714. The van der Waals surface area contributed by atoms with E-state index in [-0.39, 0.29) is 17.5 Å². The number of aliphatic hydroxyl groups is 1. The zero-order chi connectivity index (χ0) is 13.6. The van der Waals surface area contributed by atoms with Crippen molar-refractivity contribution in [2.45, 2.75) is 31.2 Å². The van der Waals surface area contributed by atoms with Crippen LogP contribution in [0.5, 0.6) is 0 Å². The van der Waals surface area contributed by atoms with E-state index in [0.29, 0.717) is 18.7 Å². The lowest BCUT2D eigenvalue weighted by Crippen LogP contribution is -2.27. The Morgan fingerprint density at radius 1 is 1.28 bits per heavy atom. The molecular formula is C12H20N2O3S. The van der Waals surface area contributed by atoms with Crippen molar-refractivity contribution in [1.82, 2.24) is 4.72 Å². The quantitative estimate of drug-likeness (QED) is 0.696. The van der Waals surface area contributed by atoms with Crippen molar-refractivity contribution in [3.05, 3.63) is 24.3 Å². The SMILES string of the molecule is CCNS(=O)(=O)c1ccccc1NC(CC)CO. The average Bonchev–Trinajstić information content (AvgIpc) is 2.36. The maximum Gasteiger partial charge on any atom is 0.242 e. The smallest absolute Gasteiger partial charge is 0.242 e. The van der Waals surface area contributed by atoms with Gasteiger partial charge in [-0.15, -0.1) is 0 Å². The Labute approximate surface area is 108 Å². The molecule has 1 rings (SSSR count). The number of aliphatic hydroxyl groups excluding tert-OH is 1. The van der Waals surface area contributed by atoms with Gasteiger partial charge in [0.2, 0.25) is 10.0 Å². The standard InChI is InChI=1S/C12H20N2O3S/c1-3-10(9-15)14-11-7-5-6-8-12(11)18(16,17)13-4-2/h5-8,10,13-15H,3-4,9H2,1-2H3. The van der Waals surface area contributed by atoms with Crippen molar-refractivity contribution < 1.29 is 13.5 Å². The molecule has 0 saturated heterocycles. The zero-order valence-corrected chi connectivity index (χ0v) is 11.5. The average molecular weight is 272 g/mol. The molecule has 0 aromatic heterocycles. The maximum atomic E-state index is 12.0. The summed E-state index contributed by atoms with van der Waals surface area (Å²) in [6, 6.07) is 6.53. The molecule has 0 aliphatic carbocycles. The largest absolute Gasteiger partial charge is 0.394 e. The van der Waals surface area contributed by atoms with Crippen molar-refractivity contribution in [2.75, 3.05) is 18.5 Å². The van der Waals surface area contributed by atoms with E-state index in [1.807, 2.05) is 6.92 Å². The first-order chi connectivity index (χ1) is 8.55. The normalized spacial score (nSPS) is 13.3. The minimum Gasteiger partial charge on any atom is -0.394 e. The molecule has 0 radical (unpaired) electrons. The van der Waals surface area contributed by atoms with E-state index in [1.165, 1.54) is 0 Å². The highest BCUT2D eigenvalue weighted by Crippen LogP contribution is 2.21. The molecule has 0 fully saturated rings. The van der Waals surface area contributed by atoms with Crippen molar-refractivity contribution in [1.29, 1.82) is 0 Å². The molecular weight excluding hydrogens is 252 g/mol. The molecule has 0 aliphatic rings. The number of anilines is 1. The van der Waals surface area contributed by atoms with Gasteiger partial charge in [-0.3, -0.25) is 0 Å². The van der Waals surface area contributed by atoms with Crippen molar-refractivity contribution in [3.63, 3.8) is 0 Å². The van der Waals surface area contributed by atoms with Gasteiger partial charge in [0.05, 0.1) is 12.3 Å². The van der Waals surface area contributed by atoms with Crippen LogP contribution in [0, 0.1) is 0 Å². The Hall–Kier alpha value is -1.11. The van der Waals surface area contributed by atoms with Gasteiger partial charge in [0, 0.05) is 12.6 Å². The van der Waals surface area contributed by atoms with E-state index in [0.717, 1.165) is 0 Å². The minimum absolute atomic E-state index is 0.0356. The lowest BCUT2D eigenvalue weighted by atomic mass is 10.2. The fourth-order valence-corrected chi connectivity index (χ4v) is 2.79. The van der Waals surface area contributed by atoms with Gasteiger partial charge in [-0.1, -0.05) is 26.0 Å². The Morgan fingerprint density at radius 3 is 2.50 bits per heavy atom. The van der Waals surface area contributed by atoms with E-state index in [1.54, 1.807) is 31.2 Å². The lowest BCUT2D eigenvalue weighted by Gasteiger charge is -2.18. The molecule has 102 valence electrons. The predicted octanol–water partition coefficient (Wildman–Crippen LogP) is 1.17. The van der Waals surface area contributed by atoms with Gasteiger partial charge in [0.25, 0.3) is 0 Å². The topological polar surface area (TPSA) is 78.4 Å². The molecule has 1 atom stereocenters. The van der Waals surface area contributed by atoms with Crippen molar-refractivity contribution >= 4 is 15.7 Å². The van der Waals surface area contributed by atoms with Crippen molar-refractivity contribution in [3.8, 4) is 0 Å². The number of nitrogens with one attached hydrogen (secondary N) is 2. The third-order valence-corrected chi connectivity index (χ3v) is 4.19. The summed E-state index contributed by atoms with van der Waals surface area (Å²) in [7, 11) is -3.50. The highest BCUT2D eigenvalue weighted by Gasteiger charge is 2.18. The number of benzene rings is 1. The monoisotopic (exact) mass is 272 g/mol. The predicted molar refractivity (Wildman–Crippen MR) is 72.1 cm³/mol. The third kappa shape index (κ3) is 3.69. The highest BCUT2D eigenvalue weighted by molar-refractivity contribution is 7.89. The Kier molecular flexibility index (Phi) is 5.58. The van der Waals surface area contributed by atoms with Crippen LogP contribution in [0.25, 0.3) is 0 Å². The first kappa shape index (κ1) is 14.9. The van der Waals surface area contributed by atoms with Crippen LogP contribution in [0.15, 0.2) is 29.2 Å². The number of rotatable bonds is 7. The van der Waals surface area contributed by atoms with Crippen LogP contribution in [0.1, 0.15) is 20.3 Å². The first-order valence-electron chi connectivity index (χ1n) is 6.01. The van der Waals surface area contributed by atoms with Crippen LogP contribution in [0.4, 0.5) is 5.69 Å². The molecule has 0 heterocycles. The van der Waals surface area contributed by atoms with Crippen LogP contribution in [0.2, 0.25) is 0 Å². The molecule has 0 spiro atoms. The van der Waals surface area contributed by atoms with Gasteiger partial charge >= 0.3 is 0 Å². The number of para-hydroxylation sites is 1. The molecule has 1 unspecified atom stereocenters. The second-order valence-corrected chi connectivity index (χ2v) is 5.66. The van der Waals surface area contributed by atoms with Gasteiger partial charge in [0.1, 0.15) is 4.90 Å². The fraction of sp³-hybridized carbons (Fsp3) is 0.500. The van der Waals surface area contributed by atoms with Gasteiger partial charge in [-0.2, -0.15) is 0 Å².